The SMILES string of the molecule is O=C(Oc1ccccc1[N+](=O)[O-])N1C2CCCC1CC(Nc1ccccc1Br)C2. The summed E-state index contributed by atoms with van der Waals surface area (Å²) in [7, 11) is 0. The summed E-state index contributed by atoms with van der Waals surface area (Å²) in [5.41, 5.74) is 0.850. The van der Waals surface area contributed by atoms with Crippen LogP contribution in [0.15, 0.2) is 53.0 Å². The summed E-state index contributed by atoms with van der Waals surface area (Å²) >= 11 is 3.57. The molecule has 2 atom stereocenters. The Morgan fingerprint density at radius 1 is 1.10 bits per heavy atom. The number of carbonyl (C=O) groups excluding carboxylic acids is 1. The molecule has 2 bridgehead atoms. The van der Waals surface area contributed by atoms with E-state index in [1.54, 1.807) is 17.0 Å². The number of hydrogen-bond acceptors (Lipinski definition) is 5. The molecule has 0 saturated carbocycles. The predicted octanol–water partition coefficient (Wildman–Crippen LogP) is 5.35. The van der Waals surface area contributed by atoms with Crippen LogP contribution in [0.4, 0.5) is 16.2 Å². The fraction of sp³-hybridized carbons (Fsp3) is 0.381. The maximum absolute atomic E-state index is 12.9. The Bertz CT molecular complexity index is 908. The molecule has 152 valence electrons. The van der Waals surface area contributed by atoms with Crippen molar-refractivity contribution in [1.82, 2.24) is 4.90 Å². The van der Waals surface area contributed by atoms with Crippen molar-refractivity contribution in [2.75, 3.05) is 5.32 Å². The highest BCUT2D eigenvalue weighted by Crippen LogP contribution is 2.37. The van der Waals surface area contributed by atoms with Crippen LogP contribution in [-0.2, 0) is 0 Å². The number of amides is 1. The maximum atomic E-state index is 12.9. The smallest absolute Gasteiger partial charge is 0.403 e. The van der Waals surface area contributed by atoms with Crippen LogP contribution >= 0.6 is 15.9 Å². The number of fused-ring (bicyclic) bond motifs is 2. The normalized spacial score (nSPS) is 23.3. The lowest BCUT2D eigenvalue weighted by Crippen LogP contribution is -2.57. The minimum Gasteiger partial charge on any atom is -0.403 e. The number of carbonyl (C=O) groups is 1. The fourth-order valence-corrected chi connectivity index (χ4v) is 4.84. The van der Waals surface area contributed by atoms with Crippen molar-refractivity contribution in [3.8, 4) is 5.75 Å². The molecule has 2 heterocycles. The topological polar surface area (TPSA) is 84.7 Å². The highest BCUT2D eigenvalue weighted by molar-refractivity contribution is 9.10. The number of benzene rings is 2. The molecule has 2 unspecified atom stereocenters. The molecule has 1 N–H and O–H groups in total. The van der Waals surface area contributed by atoms with Crippen LogP contribution in [0.2, 0.25) is 0 Å². The molecule has 2 fully saturated rings. The molecule has 2 aliphatic heterocycles. The molecule has 2 aromatic carbocycles. The fourth-order valence-electron chi connectivity index (χ4n) is 4.44. The molecule has 1 amide bonds. The van der Waals surface area contributed by atoms with E-state index in [0.29, 0.717) is 0 Å². The molecule has 0 radical (unpaired) electrons. The van der Waals surface area contributed by atoms with Crippen LogP contribution in [0.25, 0.3) is 0 Å². The van der Waals surface area contributed by atoms with E-state index >= 15 is 0 Å². The predicted molar refractivity (Wildman–Crippen MR) is 113 cm³/mol. The zero-order chi connectivity index (χ0) is 20.4. The Labute approximate surface area is 177 Å². The second-order valence-corrected chi connectivity index (χ2v) is 8.39. The van der Waals surface area contributed by atoms with Crippen LogP contribution in [0, 0.1) is 10.1 Å². The molecule has 2 aliphatic rings. The standard InChI is InChI=1S/C21H22BrN3O4/c22-17-8-1-2-9-18(17)23-14-12-15-6-5-7-16(13-14)24(15)21(26)29-20-11-4-3-10-19(20)25(27)28/h1-4,8-11,14-16,23H,5-7,12-13H2. The molecule has 2 saturated heterocycles. The number of para-hydroxylation sites is 3. The lowest BCUT2D eigenvalue weighted by molar-refractivity contribution is -0.385. The minimum atomic E-state index is -0.530. The van der Waals surface area contributed by atoms with Gasteiger partial charge < -0.3 is 15.0 Å². The summed E-state index contributed by atoms with van der Waals surface area (Å²) in [4.78, 5) is 25.4. The Balaban J connectivity index is 1.48. The first kappa shape index (κ1) is 19.7. The third-order valence-corrected chi connectivity index (χ3v) is 6.37. The first-order chi connectivity index (χ1) is 14.0. The van der Waals surface area contributed by atoms with Gasteiger partial charge in [0, 0.05) is 34.4 Å². The van der Waals surface area contributed by atoms with Crippen molar-refractivity contribution < 1.29 is 14.5 Å². The van der Waals surface area contributed by atoms with Gasteiger partial charge >= 0.3 is 11.8 Å². The third kappa shape index (κ3) is 4.22. The Morgan fingerprint density at radius 2 is 1.76 bits per heavy atom. The number of nitro benzene ring substituents is 1. The number of nitrogens with zero attached hydrogens (tertiary/aromatic N) is 2. The number of anilines is 1. The molecule has 29 heavy (non-hydrogen) atoms. The van der Waals surface area contributed by atoms with Crippen LogP contribution in [0.1, 0.15) is 32.1 Å². The van der Waals surface area contributed by atoms with Crippen LogP contribution in [0.5, 0.6) is 5.75 Å². The lowest BCUT2D eigenvalue weighted by atomic mass is 9.82. The van der Waals surface area contributed by atoms with E-state index < -0.39 is 11.0 Å². The summed E-state index contributed by atoms with van der Waals surface area (Å²) in [5, 5.41) is 14.8. The van der Waals surface area contributed by atoms with Crippen molar-refractivity contribution in [1.29, 1.82) is 0 Å². The number of rotatable bonds is 4. The summed E-state index contributed by atoms with van der Waals surface area (Å²) in [6.45, 7) is 0. The van der Waals surface area contributed by atoms with Gasteiger partial charge in [0.1, 0.15) is 0 Å². The first-order valence-electron chi connectivity index (χ1n) is 9.77. The van der Waals surface area contributed by atoms with Crippen molar-refractivity contribution in [2.45, 2.75) is 50.2 Å². The van der Waals surface area contributed by atoms with E-state index in [1.807, 2.05) is 24.3 Å². The number of piperidine rings is 2. The van der Waals surface area contributed by atoms with E-state index in [2.05, 4.69) is 21.2 Å². The Hall–Kier alpha value is -2.61. The van der Waals surface area contributed by atoms with E-state index in [1.165, 1.54) is 12.1 Å². The summed E-state index contributed by atoms with van der Waals surface area (Å²) in [6.07, 6.45) is 4.06. The van der Waals surface area contributed by atoms with Gasteiger partial charge in [-0.15, -0.1) is 0 Å². The monoisotopic (exact) mass is 459 g/mol. The van der Waals surface area contributed by atoms with Gasteiger partial charge in [-0.1, -0.05) is 24.3 Å². The number of ether oxygens (including phenoxy) is 1. The Morgan fingerprint density at radius 3 is 2.45 bits per heavy atom. The lowest BCUT2D eigenvalue weighted by Gasteiger charge is -2.48. The summed E-state index contributed by atoms with van der Waals surface area (Å²) in [5.74, 6) is -0.00552. The van der Waals surface area contributed by atoms with Gasteiger partial charge in [0.15, 0.2) is 0 Å². The Kier molecular flexibility index (Phi) is 5.71. The van der Waals surface area contributed by atoms with Crippen LogP contribution < -0.4 is 10.1 Å². The molecular formula is C21H22BrN3O4. The van der Waals surface area contributed by atoms with E-state index in [-0.39, 0.29) is 29.6 Å². The van der Waals surface area contributed by atoms with Gasteiger partial charge in [-0.05, 0) is 66.2 Å². The van der Waals surface area contributed by atoms with Crippen molar-refractivity contribution >= 4 is 33.4 Å². The zero-order valence-corrected chi connectivity index (χ0v) is 17.4. The van der Waals surface area contributed by atoms with Crippen molar-refractivity contribution in [3.63, 3.8) is 0 Å². The average Bonchev–Trinajstić information content (AvgIpc) is 2.69. The summed E-state index contributed by atoms with van der Waals surface area (Å²) < 4.78 is 6.49. The maximum Gasteiger partial charge on any atom is 0.415 e. The highest BCUT2D eigenvalue weighted by Gasteiger charge is 2.42. The third-order valence-electron chi connectivity index (χ3n) is 5.68. The van der Waals surface area contributed by atoms with Crippen molar-refractivity contribution in [2.24, 2.45) is 0 Å². The second-order valence-electron chi connectivity index (χ2n) is 7.53. The largest absolute Gasteiger partial charge is 0.415 e. The zero-order valence-electron chi connectivity index (χ0n) is 15.8. The van der Waals surface area contributed by atoms with Gasteiger partial charge in [0.05, 0.1) is 4.92 Å². The van der Waals surface area contributed by atoms with E-state index in [4.69, 9.17) is 4.74 Å². The summed E-state index contributed by atoms with van der Waals surface area (Å²) in [6, 6.07) is 14.4. The molecule has 0 aromatic heterocycles. The highest BCUT2D eigenvalue weighted by atomic mass is 79.9. The molecule has 8 heteroatoms. The molecule has 0 spiro atoms. The van der Waals surface area contributed by atoms with Crippen molar-refractivity contribution in [3.05, 3.63) is 63.1 Å². The van der Waals surface area contributed by atoms with Gasteiger partial charge in [0.2, 0.25) is 5.75 Å². The number of halogens is 1. The van der Waals surface area contributed by atoms with Gasteiger partial charge in [0.25, 0.3) is 0 Å². The molecule has 7 nitrogen and oxygen atoms in total. The molecule has 2 aromatic rings. The van der Waals surface area contributed by atoms with E-state index in [9.17, 15) is 14.9 Å². The van der Waals surface area contributed by atoms with Gasteiger partial charge in [-0.25, -0.2) is 4.79 Å². The van der Waals surface area contributed by atoms with Crippen LogP contribution in [-0.4, -0.2) is 34.0 Å². The first-order valence-corrected chi connectivity index (χ1v) is 10.6. The number of nitro groups is 1. The van der Waals surface area contributed by atoms with Crippen LogP contribution in [0.3, 0.4) is 0 Å². The number of nitrogens with one attached hydrogen (secondary N) is 1. The minimum absolute atomic E-state index is 0.00552. The second kappa shape index (κ2) is 8.41. The molecule has 4 rings (SSSR count). The number of hydrogen-bond donors (Lipinski definition) is 1. The van der Waals surface area contributed by atoms with Gasteiger partial charge in [-0.2, -0.15) is 0 Å². The average molecular weight is 460 g/mol. The molecular weight excluding hydrogens is 438 g/mol. The molecule has 0 aliphatic carbocycles. The quantitative estimate of drug-likeness (QED) is 0.491. The van der Waals surface area contributed by atoms with E-state index in [0.717, 1.165) is 42.3 Å². The van der Waals surface area contributed by atoms with Gasteiger partial charge in [-0.3, -0.25) is 10.1 Å².